The van der Waals surface area contributed by atoms with Gasteiger partial charge in [-0.05, 0) is 72.9 Å². The molecular formula is C30H27FN2O2. The number of hydrogen-bond donors (Lipinski definition) is 2. The Balaban J connectivity index is 1.54. The molecule has 3 aromatic carbocycles. The Hall–Kier alpha value is -4.12. The molecule has 1 amide bonds. The molecule has 0 bridgehead atoms. The first-order valence-corrected chi connectivity index (χ1v) is 11.8. The summed E-state index contributed by atoms with van der Waals surface area (Å²) in [4.78, 5) is 15.7. The number of amides is 1. The Morgan fingerprint density at radius 2 is 1.57 bits per heavy atom. The summed E-state index contributed by atoms with van der Waals surface area (Å²) in [7, 11) is 0. The third-order valence-corrected chi connectivity index (χ3v) is 6.61. The van der Waals surface area contributed by atoms with Gasteiger partial charge in [-0.3, -0.25) is 9.69 Å². The van der Waals surface area contributed by atoms with Crippen LogP contribution in [0.2, 0.25) is 0 Å². The normalized spacial score (nSPS) is 16.0. The minimum Gasteiger partial charge on any atom is -0.508 e. The zero-order valence-electron chi connectivity index (χ0n) is 19.6. The van der Waals surface area contributed by atoms with Crippen molar-refractivity contribution in [2.45, 2.75) is 32.6 Å². The van der Waals surface area contributed by atoms with Gasteiger partial charge < -0.3 is 10.4 Å². The van der Waals surface area contributed by atoms with E-state index < -0.39 is 0 Å². The minimum absolute atomic E-state index is 0.0531. The number of nitrogens with zero attached hydrogens (tertiary/aromatic N) is 1. The van der Waals surface area contributed by atoms with E-state index in [1.165, 1.54) is 12.1 Å². The molecule has 2 aliphatic heterocycles. The van der Waals surface area contributed by atoms with Gasteiger partial charge >= 0.3 is 0 Å². The summed E-state index contributed by atoms with van der Waals surface area (Å²) in [5, 5.41) is 13.3. The predicted molar refractivity (Wildman–Crippen MR) is 135 cm³/mol. The van der Waals surface area contributed by atoms with Crippen LogP contribution in [0.25, 0.3) is 5.70 Å². The van der Waals surface area contributed by atoms with Crippen molar-refractivity contribution in [2.24, 2.45) is 0 Å². The van der Waals surface area contributed by atoms with Crippen LogP contribution in [0.3, 0.4) is 0 Å². The van der Waals surface area contributed by atoms with Crippen LogP contribution in [0.15, 0.2) is 108 Å². The Morgan fingerprint density at radius 3 is 2.29 bits per heavy atom. The van der Waals surface area contributed by atoms with Crippen LogP contribution in [0.5, 0.6) is 5.75 Å². The number of benzene rings is 3. The van der Waals surface area contributed by atoms with E-state index in [1.54, 1.807) is 29.2 Å². The average Bonchev–Trinajstić information content (AvgIpc) is 2.98. The maximum atomic E-state index is 13.9. The SMILES string of the molecule is CC1=C(Cc2ccc(F)cc2)C(=O)N2C=C(c3ccc(O)cc3)NC(Cc3ccccc3)=C2CC1. The van der Waals surface area contributed by atoms with Crippen LogP contribution in [-0.4, -0.2) is 15.9 Å². The van der Waals surface area contributed by atoms with E-state index in [0.717, 1.165) is 57.8 Å². The first kappa shape index (κ1) is 22.7. The van der Waals surface area contributed by atoms with Crippen LogP contribution >= 0.6 is 0 Å². The molecule has 2 N–H and O–H groups in total. The Kier molecular flexibility index (Phi) is 6.23. The van der Waals surface area contributed by atoms with E-state index in [9.17, 15) is 14.3 Å². The maximum absolute atomic E-state index is 13.9. The van der Waals surface area contributed by atoms with Gasteiger partial charge in [0.15, 0.2) is 0 Å². The van der Waals surface area contributed by atoms with E-state index in [-0.39, 0.29) is 17.5 Å². The Labute approximate surface area is 204 Å². The van der Waals surface area contributed by atoms with Gasteiger partial charge in [0.1, 0.15) is 11.6 Å². The molecule has 0 spiro atoms. The molecule has 0 aliphatic carbocycles. The van der Waals surface area contributed by atoms with Gasteiger partial charge in [0.25, 0.3) is 5.91 Å². The van der Waals surface area contributed by atoms with Gasteiger partial charge in [0.05, 0.1) is 5.70 Å². The van der Waals surface area contributed by atoms with Gasteiger partial charge in [-0.25, -0.2) is 4.39 Å². The van der Waals surface area contributed by atoms with Crippen molar-refractivity contribution in [2.75, 3.05) is 0 Å². The summed E-state index contributed by atoms with van der Waals surface area (Å²) in [5.41, 5.74) is 7.50. The van der Waals surface area contributed by atoms with E-state index in [2.05, 4.69) is 17.4 Å². The second-order valence-corrected chi connectivity index (χ2v) is 9.04. The highest BCUT2D eigenvalue weighted by Gasteiger charge is 2.31. The molecule has 0 aromatic heterocycles. The number of carbonyl (C=O) groups excluding carboxylic acids is 1. The number of nitrogens with one attached hydrogen (secondary N) is 1. The predicted octanol–water partition coefficient (Wildman–Crippen LogP) is 6.07. The van der Waals surface area contributed by atoms with Crippen LogP contribution in [-0.2, 0) is 17.6 Å². The molecular weight excluding hydrogens is 439 g/mol. The summed E-state index contributed by atoms with van der Waals surface area (Å²) >= 11 is 0. The summed E-state index contributed by atoms with van der Waals surface area (Å²) in [6, 6.07) is 23.5. The third kappa shape index (κ3) is 4.90. The smallest absolute Gasteiger partial charge is 0.258 e. The van der Waals surface area contributed by atoms with Crippen molar-refractivity contribution in [3.8, 4) is 5.75 Å². The molecule has 0 atom stereocenters. The average molecular weight is 467 g/mol. The molecule has 176 valence electrons. The van der Waals surface area contributed by atoms with E-state index in [0.29, 0.717) is 12.8 Å². The topological polar surface area (TPSA) is 52.6 Å². The highest BCUT2D eigenvalue weighted by Crippen LogP contribution is 2.34. The lowest BCUT2D eigenvalue weighted by molar-refractivity contribution is -0.123. The van der Waals surface area contributed by atoms with Gasteiger partial charge in [-0.15, -0.1) is 0 Å². The summed E-state index contributed by atoms with van der Waals surface area (Å²) < 4.78 is 13.4. The fourth-order valence-electron chi connectivity index (χ4n) is 4.62. The zero-order valence-corrected chi connectivity index (χ0v) is 19.6. The highest BCUT2D eigenvalue weighted by molar-refractivity contribution is 5.98. The molecule has 0 unspecified atom stereocenters. The Morgan fingerprint density at radius 1 is 0.886 bits per heavy atom. The number of rotatable bonds is 5. The molecule has 0 saturated carbocycles. The Bertz CT molecular complexity index is 1340. The zero-order chi connectivity index (χ0) is 24.4. The maximum Gasteiger partial charge on any atom is 0.258 e. The van der Waals surface area contributed by atoms with Crippen molar-refractivity contribution in [3.05, 3.63) is 130 Å². The molecule has 0 fully saturated rings. The number of carbonyl (C=O) groups is 1. The number of aromatic hydroxyl groups is 1. The van der Waals surface area contributed by atoms with Crippen molar-refractivity contribution in [3.63, 3.8) is 0 Å². The van der Waals surface area contributed by atoms with Gasteiger partial charge in [0.2, 0.25) is 0 Å². The molecule has 4 nitrogen and oxygen atoms in total. The first-order chi connectivity index (χ1) is 17.0. The minimum atomic E-state index is -0.286. The number of hydrogen-bond acceptors (Lipinski definition) is 3. The van der Waals surface area contributed by atoms with Crippen LogP contribution < -0.4 is 5.32 Å². The van der Waals surface area contributed by atoms with Gasteiger partial charge in [0, 0.05) is 36.0 Å². The number of phenols is 1. The number of allylic oxidation sites excluding steroid dienone is 3. The second-order valence-electron chi connectivity index (χ2n) is 9.04. The lowest BCUT2D eigenvalue weighted by Gasteiger charge is -2.31. The lowest BCUT2D eigenvalue weighted by atomic mass is 9.98. The fourth-order valence-corrected chi connectivity index (χ4v) is 4.62. The van der Waals surface area contributed by atoms with Crippen molar-refractivity contribution >= 4 is 11.6 Å². The van der Waals surface area contributed by atoms with E-state index in [4.69, 9.17) is 0 Å². The molecule has 2 heterocycles. The second kappa shape index (κ2) is 9.63. The van der Waals surface area contributed by atoms with Crippen molar-refractivity contribution in [1.82, 2.24) is 10.2 Å². The number of halogens is 1. The monoisotopic (exact) mass is 466 g/mol. The molecule has 2 aliphatic rings. The van der Waals surface area contributed by atoms with Crippen LogP contribution in [0.4, 0.5) is 4.39 Å². The van der Waals surface area contributed by atoms with Crippen molar-refractivity contribution in [1.29, 1.82) is 0 Å². The molecule has 35 heavy (non-hydrogen) atoms. The summed E-state index contributed by atoms with van der Waals surface area (Å²) in [6.07, 6.45) is 4.50. The number of phenolic OH excluding ortho intramolecular Hbond substituents is 1. The highest BCUT2D eigenvalue weighted by atomic mass is 19.1. The molecule has 5 rings (SSSR count). The third-order valence-electron chi connectivity index (χ3n) is 6.61. The van der Waals surface area contributed by atoms with Crippen LogP contribution in [0, 0.1) is 5.82 Å². The first-order valence-electron chi connectivity index (χ1n) is 11.8. The van der Waals surface area contributed by atoms with Gasteiger partial charge in [-0.1, -0.05) is 48.0 Å². The van der Waals surface area contributed by atoms with E-state index in [1.807, 2.05) is 43.5 Å². The fraction of sp³-hybridized carbons (Fsp3) is 0.167. The van der Waals surface area contributed by atoms with Crippen LogP contribution in [0.1, 0.15) is 36.5 Å². The van der Waals surface area contributed by atoms with Crippen molar-refractivity contribution < 1.29 is 14.3 Å². The van der Waals surface area contributed by atoms with Gasteiger partial charge in [-0.2, -0.15) is 0 Å². The lowest BCUT2D eigenvalue weighted by Crippen LogP contribution is -2.35. The molecule has 5 heteroatoms. The van der Waals surface area contributed by atoms with E-state index >= 15 is 0 Å². The molecule has 0 radical (unpaired) electrons. The number of fused-ring (bicyclic) bond motifs is 1. The summed E-state index contributed by atoms with van der Waals surface area (Å²) in [5.74, 6) is -0.148. The quantitative estimate of drug-likeness (QED) is 0.480. The summed E-state index contributed by atoms with van der Waals surface area (Å²) in [6.45, 7) is 2.02. The molecule has 3 aromatic rings. The largest absolute Gasteiger partial charge is 0.508 e. The standard InChI is InChI=1S/C30H27FN2O2/c1-20-7-16-29-27(18-21-5-3-2-4-6-21)32-28(23-10-14-25(34)15-11-23)19-33(29)30(35)26(20)17-22-8-12-24(31)13-9-22/h2-6,8-15,19,32,34H,7,16-18H2,1H3. The molecule has 0 saturated heterocycles.